The van der Waals surface area contributed by atoms with Gasteiger partial charge in [0.2, 0.25) is 11.8 Å². The average molecular weight is 378 g/mol. The Morgan fingerprint density at radius 3 is 2.58 bits per heavy atom. The van der Waals surface area contributed by atoms with E-state index in [-0.39, 0.29) is 34.5 Å². The van der Waals surface area contributed by atoms with Crippen LogP contribution in [0.5, 0.6) is 0 Å². The first-order valence-electron chi connectivity index (χ1n) is 7.11. The van der Waals surface area contributed by atoms with Crippen molar-refractivity contribution in [2.24, 2.45) is 5.92 Å². The van der Waals surface area contributed by atoms with E-state index in [1.807, 2.05) is 0 Å². The molecule has 1 atom stereocenters. The highest BCUT2D eigenvalue weighted by molar-refractivity contribution is 8.00. The van der Waals surface area contributed by atoms with E-state index in [1.54, 1.807) is 0 Å². The van der Waals surface area contributed by atoms with E-state index < -0.39 is 33.3 Å². The third kappa shape index (κ3) is 5.75. The predicted octanol–water partition coefficient (Wildman–Crippen LogP) is 1.03. The molecule has 0 bridgehead atoms. The van der Waals surface area contributed by atoms with Gasteiger partial charge < -0.3 is 0 Å². The average Bonchev–Trinajstić information content (AvgIpc) is 2.85. The summed E-state index contributed by atoms with van der Waals surface area (Å²) in [6, 6.07) is 2.92. The van der Waals surface area contributed by atoms with Crippen molar-refractivity contribution in [1.29, 1.82) is 0 Å². The molecule has 0 spiro atoms. The van der Waals surface area contributed by atoms with Crippen LogP contribution in [0.1, 0.15) is 12.8 Å². The summed E-state index contributed by atoms with van der Waals surface area (Å²) in [7, 11) is -3.06. The monoisotopic (exact) mass is 378 g/mol. The van der Waals surface area contributed by atoms with E-state index >= 15 is 0 Å². The first kappa shape index (κ1) is 18.7. The highest BCUT2D eigenvalue weighted by atomic mass is 32.2. The molecule has 132 valence electrons. The summed E-state index contributed by atoms with van der Waals surface area (Å²) in [4.78, 5) is 23.2. The highest BCUT2D eigenvalue weighted by Crippen LogP contribution is 2.22. The van der Waals surface area contributed by atoms with Crippen molar-refractivity contribution in [3.8, 4) is 0 Å². The Morgan fingerprint density at radius 1 is 1.21 bits per heavy atom. The molecule has 0 aliphatic carbocycles. The van der Waals surface area contributed by atoms with Crippen LogP contribution in [0.3, 0.4) is 0 Å². The third-order valence-corrected chi connectivity index (χ3v) is 6.26. The molecule has 2 rings (SSSR count). The summed E-state index contributed by atoms with van der Waals surface area (Å²) in [5, 5.41) is 0. The van der Waals surface area contributed by atoms with Gasteiger partial charge in [0.25, 0.3) is 0 Å². The van der Waals surface area contributed by atoms with Gasteiger partial charge in [-0.25, -0.2) is 17.2 Å². The summed E-state index contributed by atoms with van der Waals surface area (Å²) in [5.41, 5.74) is 4.34. The van der Waals surface area contributed by atoms with Crippen molar-refractivity contribution in [3.05, 3.63) is 29.8 Å². The standard InChI is InChI=1S/C14H16F2N2O4S2/c15-10-1-2-11(16)12(6-10)23-7-14(20)18-17-13(19)5-9-3-4-24(21,22)8-9/h1-2,6,9H,3-5,7-8H2,(H,17,19)(H,18,20)/t9-/m1/s1. The second-order valence-electron chi connectivity index (χ2n) is 5.43. The molecule has 1 fully saturated rings. The lowest BCUT2D eigenvalue weighted by Crippen LogP contribution is -2.43. The fourth-order valence-corrected chi connectivity index (χ4v) is 4.88. The van der Waals surface area contributed by atoms with Gasteiger partial charge in [0, 0.05) is 11.3 Å². The SMILES string of the molecule is O=C(CSc1cc(F)ccc1F)NNC(=O)C[C@H]1CCS(=O)(=O)C1. The van der Waals surface area contributed by atoms with Crippen molar-refractivity contribution in [3.63, 3.8) is 0 Å². The molecule has 0 saturated carbocycles. The number of amides is 2. The van der Waals surface area contributed by atoms with Gasteiger partial charge in [-0.3, -0.25) is 20.4 Å². The Morgan fingerprint density at radius 2 is 1.92 bits per heavy atom. The molecule has 24 heavy (non-hydrogen) atoms. The number of hydrogen-bond donors (Lipinski definition) is 2. The molecule has 1 saturated heterocycles. The smallest absolute Gasteiger partial charge is 0.248 e. The summed E-state index contributed by atoms with van der Waals surface area (Å²) < 4.78 is 49.0. The zero-order valence-electron chi connectivity index (χ0n) is 12.6. The lowest BCUT2D eigenvalue weighted by Gasteiger charge is -2.10. The highest BCUT2D eigenvalue weighted by Gasteiger charge is 2.29. The third-order valence-electron chi connectivity index (χ3n) is 3.39. The summed E-state index contributed by atoms with van der Waals surface area (Å²) >= 11 is 0.796. The zero-order valence-corrected chi connectivity index (χ0v) is 14.2. The normalized spacial score (nSPS) is 19.0. The van der Waals surface area contributed by atoms with E-state index in [4.69, 9.17) is 0 Å². The maximum absolute atomic E-state index is 13.4. The number of nitrogens with one attached hydrogen (secondary N) is 2. The Bertz CT molecular complexity index is 740. The van der Waals surface area contributed by atoms with Crippen LogP contribution >= 0.6 is 11.8 Å². The Labute approximate surface area is 142 Å². The molecule has 1 aromatic rings. The maximum atomic E-state index is 13.4. The Balaban J connectivity index is 1.71. The molecule has 10 heteroatoms. The summed E-state index contributed by atoms with van der Waals surface area (Å²) in [6.07, 6.45) is 0.434. The minimum Gasteiger partial charge on any atom is -0.273 e. The predicted molar refractivity (Wildman–Crippen MR) is 84.7 cm³/mol. The minimum atomic E-state index is -3.06. The van der Waals surface area contributed by atoms with Crippen LogP contribution in [0, 0.1) is 17.6 Å². The first-order valence-corrected chi connectivity index (χ1v) is 9.92. The number of carbonyl (C=O) groups excluding carboxylic acids is 2. The van der Waals surface area contributed by atoms with Gasteiger partial charge in [-0.15, -0.1) is 11.8 Å². The number of hydrogen-bond acceptors (Lipinski definition) is 5. The van der Waals surface area contributed by atoms with E-state index in [0.717, 1.165) is 30.0 Å². The van der Waals surface area contributed by atoms with Gasteiger partial charge in [0.05, 0.1) is 17.3 Å². The van der Waals surface area contributed by atoms with Gasteiger partial charge in [0.1, 0.15) is 11.6 Å². The van der Waals surface area contributed by atoms with Gasteiger partial charge in [-0.1, -0.05) is 0 Å². The van der Waals surface area contributed by atoms with Crippen molar-refractivity contribution in [2.75, 3.05) is 17.3 Å². The number of halogens is 2. The van der Waals surface area contributed by atoms with Crippen LogP contribution in [-0.2, 0) is 19.4 Å². The fraction of sp³-hybridized carbons (Fsp3) is 0.429. The Kier molecular flexibility index (Phi) is 6.16. The Hall–Kier alpha value is -1.68. The summed E-state index contributed by atoms with van der Waals surface area (Å²) in [5.74, 6) is -2.74. The van der Waals surface area contributed by atoms with Gasteiger partial charge in [-0.2, -0.15) is 0 Å². The van der Waals surface area contributed by atoms with Gasteiger partial charge in [-0.05, 0) is 30.5 Å². The first-order chi connectivity index (χ1) is 11.2. The largest absolute Gasteiger partial charge is 0.273 e. The lowest BCUT2D eigenvalue weighted by molar-refractivity contribution is -0.128. The second kappa shape index (κ2) is 7.93. The molecule has 2 N–H and O–H groups in total. The quantitative estimate of drug-likeness (QED) is 0.590. The van der Waals surface area contributed by atoms with Crippen molar-refractivity contribution in [2.45, 2.75) is 17.7 Å². The zero-order chi connectivity index (χ0) is 17.7. The number of carbonyl (C=O) groups is 2. The van der Waals surface area contributed by atoms with Gasteiger partial charge >= 0.3 is 0 Å². The van der Waals surface area contributed by atoms with Crippen molar-refractivity contribution < 1.29 is 26.8 Å². The molecule has 1 aliphatic heterocycles. The van der Waals surface area contributed by atoms with E-state index in [0.29, 0.717) is 6.42 Å². The van der Waals surface area contributed by atoms with Crippen molar-refractivity contribution in [1.82, 2.24) is 10.9 Å². The lowest BCUT2D eigenvalue weighted by atomic mass is 10.1. The van der Waals surface area contributed by atoms with E-state index in [9.17, 15) is 26.8 Å². The van der Waals surface area contributed by atoms with Crippen LogP contribution in [0.15, 0.2) is 23.1 Å². The van der Waals surface area contributed by atoms with Crippen LogP contribution in [0.2, 0.25) is 0 Å². The molecule has 1 heterocycles. The molecular formula is C14H16F2N2O4S2. The topological polar surface area (TPSA) is 92.3 Å². The molecule has 1 aliphatic rings. The molecule has 0 aromatic heterocycles. The maximum Gasteiger partial charge on any atom is 0.248 e. The summed E-state index contributed by atoms with van der Waals surface area (Å²) in [6.45, 7) is 0. The molecule has 6 nitrogen and oxygen atoms in total. The molecular weight excluding hydrogens is 362 g/mol. The van der Waals surface area contributed by atoms with E-state index in [1.165, 1.54) is 0 Å². The second-order valence-corrected chi connectivity index (χ2v) is 8.68. The molecule has 2 amide bonds. The number of sulfone groups is 1. The van der Waals surface area contributed by atoms with E-state index in [2.05, 4.69) is 10.9 Å². The number of thioether (sulfide) groups is 1. The number of benzene rings is 1. The number of hydrazine groups is 1. The number of rotatable bonds is 5. The fourth-order valence-electron chi connectivity index (χ4n) is 2.25. The minimum absolute atomic E-state index is 0.00514. The van der Waals surface area contributed by atoms with Gasteiger partial charge in [0.15, 0.2) is 9.84 Å². The van der Waals surface area contributed by atoms with Crippen LogP contribution in [-0.4, -0.2) is 37.5 Å². The van der Waals surface area contributed by atoms with Crippen LogP contribution in [0.25, 0.3) is 0 Å². The molecule has 0 unspecified atom stereocenters. The molecule has 1 aromatic carbocycles. The van der Waals surface area contributed by atoms with Crippen LogP contribution in [0.4, 0.5) is 8.78 Å². The van der Waals surface area contributed by atoms with Crippen molar-refractivity contribution >= 4 is 33.4 Å². The molecule has 0 radical (unpaired) electrons. The van der Waals surface area contributed by atoms with Crippen LogP contribution < -0.4 is 10.9 Å².